The molecular formula is C15H22O3. The van der Waals surface area contributed by atoms with Crippen LogP contribution in [-0.2, 0) is 9.53 Å². The molecule has 1 saturated carbocycles. The van der Waals surface area contributed by atoms with Gasteiger partial charge in [0.1, 0.15) is 0 Å². The highest BCUT2D eigenvalue weighted by Crippen LogP contribution is 2.55. The molecule has 0 aromatic carbocycles. The number of fused-ring (bicyclic) bond motifs is 1. The lowest BCUT2D eigenvalue weighted by molar-refractivity contribution is -0.227. The molecule has 18 heavy (non-hydrogen) atoms. The molecule has 0 radical (unpaired) electrons. The Morgan fingerprint density at radius 3 is 2.78 bits per heavy atom. The molecule has 3 rings (SSSR count). The van der Waals surface area contributed by atoms with Gasteiger partial charge in [-0.25, -0.2) is 0 Å². The summed E-state index contributed by atoms with van der Waals surface area (Å²) in [5.74, 6) is 0.134. The summed E-state index contributed by atoms with van der Waals surface area (Å²) in [4.78, 5) is 12.2. The van der Waals surface area contributed by atoms with Gasteiger partial charge in [-0.05, 0) is 50.5 Å². The van der Waals surface area contributed by atoms with Crippen molar-refractivity contribution in [3.63, 3.8) is 0 Å². The molecule has 0 aromatic rings. The molecule has 0 aromatic heterocycles. The summed E-state index contributed by atoms with van der Waals surface area (Å²) in [6.45, 7) is 6.51. The minimum atomic E-state index is -1.30. The third kappa shape index (κ3) is 1.53. The Kier molecular flexibility index (Phi) is 2.37. The second kappa shape index (κ2) is 3.45. The zero-order valence-corrected chi connectivity index (χ0v) is 11.4. The van der Waals surface area contributed by atoms with Gasteiger partial charge in [0.2, 0.25) is 0 Å². The van der Waals surface area contributed by atoms with E-state index >= 15 is 0 Å². The van der Waals surface area contributed by atoms with Gasteiger partial charge < -0.3 is 9.84 Å². The van der Waals surface area contributed by atoms with E-state index in [4.69, 9.17) is 4.74 Å². The van der Waals surface area contributed by atoms with Crippen molar-refractivity contribution >= 4 is 5.78 Å². The molecule has 3 nitrogen and oxygen atoms in total. The number of ketones is 1. The SMILES string of the molecule is CC1(C)OC[C@@]2(O)C(=O)C=C[C@@]3(C)CC[C@@H]1[C@@H]2C3. The van der Waals surface area contributed by atoms with Crippen molar-refractivity contribution < 1.29 is 14.6 Å². The molecule has 100 valence electrons. The van der Waals surface area contributed by atoms with Crippen LogP contribution < -0.4 is 0 Å². The first-order valence-electron chi connectivity index (χ1n) is 6.87. The predicted octanol–water partition coefficient (Wildman–Crippen LogP) is 2.09. The lowest BCUT2D eigenvalue weighted by atomic mass is 9.57. The Morgan fingerprint density at radius 1 is 1.33 bits per heavy atom. The number of carbonyl (C=O) groups is 1. The zero-order valence-electron chi connectivity index (χ0n) is 11.4. The van der Waals surface area contributed by atoms with E-state index in [-0.39, 0.29) is 35.2 Å². The number of aliphatic hydroxyl groups is 1. The highest BCUT2D eigenvalue weighted by Gasteiger charge is 2.59. The molecule has 1 saturated heterocycles. The standard InChI is InChI=1S/C15H22O3/c1-13(2)10-4-6-14(3)7-5-12(16)15(17,9-18-13)11(10)8-14/h5,7,10-11,17H,4,6,8-9H2,1-3H3/t10-,11+,14-,15+/m1/s1. The molecule has 2 bridgehead atoms. The fourth-order valence-corrected chi connectivity index (χ4v) is 4.10. The van der Waals surface area contributed by atoms with Crippen LogP contribution in [0.25, 0.3) is 0 Å². The van der Waals surface area contributed by atoms with Gasteiger partial charge >= 0.3 is 0 Å². The van der Waals surface area contributed by atoms with Gasteiger partial charge in [0, 0.05) is 5.92 Å². The van der Waals surface area contributed by atoms with Gasteiger partial charge in [-0.3, -0.25) is 4.79 Å². The van der Waals surface area contributed by atoms with Crippen molar-refractivity contribution in [1.82, 2.24) is 0 Å². The first-order valence-corrected chi connectivity index (χ1v) is 6.87. The summed E-state index contributed by atoms with van der Waals surface area (Å²) in [5, 5.41) is 10.8. The molecule has 3 heteroatoms. The van der Waals surface area contributed by atoms with Crippen molar-refractivity contribution in [2.24, 2.45) is 17.3 Å². The molecule has 3 aliphatic rings. The van der Waals surface area contributed by atoms with Gasteiger partial charge in [0.15, 0.2) is 11.4 Å². The number of hydrogen-bond donors (Lipinski definition) is 1. The smallest absolute Gasteiger partial charge is 0.189 e. The van der Waals surface area contributed by atoms with Crippen molar-refractivity contribution in [3.8, 4) is 0 Å². The quantitative estimate of drug-likeness (QED) is 0.716. The summed E-state index contributed by atoms with van der Waals surface area (Å²) in [6.07, 6.45) is 6.58. The molecule has 1 aliphatic heterocycles. The molecule has 1 heterocycles. The van der Waals surface area contributed by atoms with E-state index in [0.717, 1.165) is 19.3 Å². The van der Waals surface area contributed by atoms with Gasteiger partial charge in [-0.1, -0.05) is 13.0 Å². The van der Waals surface area contributed by atoms with E-state index in [1.165, 1.54) is 0 Å². The van der Waals surface area contributed by atoms with Crippen molar-refractivity contribution in [3.05, 3.63) is 12.2 Å². The van der Waals surface area contributed by atoms with Gasteiger partial charge in [0.05, 0.1) is 12.2 Å². The van der Waals surface area contributed by atoms with Crippen LogP contribution in [0.5, 0.6) is 0 Å². The van der Waals surface area contributed by atoms with Crippen LogP contribution in [0.15, 0.2) is 12.2 Å². The average molecular weight is 250 g/mol. The fraction of sp³-hybridized carbons (Fsp3) is 0.800. The van der Waals surface area contributed by atoms with Crippen molar-refractivity contribution in [1.29, 1.82) is 0 Å². The third-order valence-electron chi connectivity index (χ3n) is 5.43. The molecule has 2 aliphatic carbocycles. The average Bonchev–Trinajstić information content (AvgIpc) is 2.38. The maximum Gasteiger partial charge on any atom is 0.189 e. The molecule has 2 fully saturated rings. The summed E-state index contributed by atoms with van der Waals surface area (Å²) in [7, 11) is 0. The molecule has 0 amide bonds. The van der Waals surface area contributed by atoms with E-state index < -0.39 is 5.60 Å². The maximum absolute atomic E-state index is 12.2. The number of rotatable bonds is 0. The highest BCUT2D eigenvalue weighted by atomic mass is 16.5. The minimum Gasteiger partial charge on any atom is -0.379 e. The summed E-state index contributed by atoms with van der Waals surface area (Å²) < 4.78 is 5.82. The van der Waals surface area contributed by atoms with E-state index in [1.807, 2.05) is 6.08 Å². The molecule has 0 spiro atoms. The van der Waals surface area contributed by atoms with Crippen LogP contribution >= 0.6 is 0 Å². The van der Waals surface area contributed by atoms with E-state index in [2.05, 4.69) is 20.8 Å². The summed E-state index contributed by atoms with van der Waals surface area (Å²) in [6, 6.07) is 0. The van der Waals surface area contributed by atoms with E-state index in [9.17, 15) is 9.90 Å². The van der Waals surface area contributed by atoms with Gasteiger partial charge in [-0.2, -0.15) is 0 Å². The van der Waals surface area contributed by atoms with E-state index in [0.29, 0.717) is 0 Å². The number of hydrogen-bond acceptors (Lipinski definition) is 3. The Morgan fingerprint density at radius 2 is 2.06 bits per heavy atom. The first-order chi connectivity index (χ1) is 8.27. The number of ether oxygens (including phenoxy) is 1. The molecule has 0 unspecified atom stereocenters. The topological polar surface area (TPSA) is 46.5 Å². The highest BCUT2D eigenvalue weighted by molar-refractivity contribution is 5.97. The maximum atomic E-state index is 12.2. The lowest BCUT2D eigenvalue weighted by Crippen LogP contribution is -2.63. The monoisotopic (exact) mass is 250 g/mol. The second-order valence-corrected chi connectivity index (χ2v) is 7.12. The fourth-order valence-electron chi connectivity index (χ4n) is 4.10. The van der Waals surface area contributed by atoms with Crippen LogP contribution in [0, 0.1) is 17.3 Å². The Hall–Kier alpha value is -0.670. The van der Waals surface area contributed by atoms with Gasteiger partial charge in [0.25, 0.3) is 0 Å². The molecule has 4 atom stereocenters. The van der Waals surface area contributed by atoms with Crippen LogP contribution in [0.4, 0.5) is 0 Å². The lowest BCUT2D eigenvalue weighted by Gasteiger charge is -2.55. The number of carbonyl (C=O) groups excluding carboxylic acids is 1. The molecular weight excluding hydrogens is 228 g/mol. The Balaban J connectivity index is 2.08. The molecule has 1 N–H and O–H groups in total. The summed E-state index contributed by atoms with van der Waals surface area (Å²) >= 11 is 0. The van der Waals surface area contributed by atoms with Crippen molar-refractivity contribution in [2.75, 3.05) is 6.61 Å². The first kappa shape index (κ1) is 12.4. The van der Waals surface area contributed by atoms with Crippen LogP contribution in [-0.4, -0.2) is 28.7 Å². The second-order valence-electron chi connectivity index (χ2n) is 7.12. The van der Waals surface area contributed by atoms with Crippen LogP contribution in [0.1, 0.15) is 40.0 Å². The predicted molar refractivity (Wildman–Crippen MR) is 68.1 cm³/mol. The largest absolute Gasteiger partial charge is 0.379 e. The minimum absolute atomic E-state index is 0.0301. The van der Waals surface area contributed by atoms with Gasteiger partial charge in [-0.15, -0.1) is 0 Å². The zero-order chi connectivity index (χ0) is 13.2. The Labute approximate surface area is 108 Å². The normalized spacial score (nSPS) is 49.9. The Bertz CT molecular complexity index is 425. The number of allylic oxidation sites excluding steroid dienone is 1. The van der Waals surface area contributed by atoms with Crippen LogP contribution in [0.3, 0.4) is 0 Å². The van der Waals surface area contributed by atoms with E-state index in [1.54, 1.807) is 6.08 Å². The summed E-state index contributed by atoms with van der Waals surface area (Å²) in [5.41, 5.74) is -1.47. The third-order valence-corrected chi connectivity index (χ3v) is 5.43. The van der Waals surface area contributed by atoms with Crippen LogP contribution in [0.2, 0.25) is 0 Å². The van der Waals surface area contributed by atoms with Crippen molar-refractivity contribution in [2.45, 2.75) is 51.2 Å².